The van der Waals surface area contributed by atoms with E-state index < -0.39 is 0 Å². The second kappa shape index (κ2) is 8.18. The van der Waals surface area contributed by atoms with Crippen LogP contribution >= 0.6 is 11.6 Å². The second-order valence-electron chi connectivity index (χ2n) is 6.02. The lowest BCUT2D eigenvalue weighted by Gasteiger charge is -2.16. The number of hydrogen-bond donors (Lipinski definition) is 1. The van der Waals surface area contributed by atoms with E-state index in [1.165, 1.54) is 0 Å². The van der Waals surface area contributed by atoms with Crippen LogP contribution in [0.15, 0.2) is 36.4 Å². The van der Waals surface area contributed by atoms with Gasteiger partial charge in [0.2, 0.25) is 0 Å². The minimum atomic E-state index is -0.185. The summed E-state index contributed by atoms with van der Waals surface area (Å²) in [7, 11) is 3.96. The Morgan fingerprint density at radius 3 is 2.58 bits per heavy atom. The summed E-state index contributed by atoms with van der Waals surface area (Å²) in [6.45, 7) is 5.12. The minimum absolute atomic E-state index is 0.185. The topological polar surface area (TPSA) is 41.6 Å². The molecule has 0 unspecified atom stereocenters. The molecule has 0 heterocycles. The Bertz CT molecular complexity index is 729. The van der Waals surface area contributed by atoms with Gasteiger partial charge in [0.1, 0.15) is 12.4 Å². The van der Waals surface area contributed by atoms with Crippen molar-refractivity contribution in [3.8, 4) is 5.75 Å². The molecule has 2 rings (SSSR count). The number of likely N-dealkylation sites (N-methyl/N-ethyl adjacent to an activating group) is 1. The number of carbonyl (C=O) groups excluding carboxylic acids is 1. The number of nitrogens with one attached hydrogen (secondary N) is 1. The van der Waals surface area contributed by atoms with Crippen LogP contribution in [0.1, 0.15) is 21.5 Å². The quantitative estimate of drug-likeness (QED) is 0.854. The summed E-state index contributed by atoms with van der Waals surface area (Å²) in [6.07, 6.45) is 0. The van der Waals surface area contributed by atoms with Crippen LogP contribution in [0.5, 0.6) is 5.75 Å². The molecule has 0 fully saturated rings. The second-order valence-corrected chi connectivity index (χ2v) is 6.43. The molecule has 0 saturated heterocycles. The van der Waals surface area contributed by atoms with Gasteiger partial charge in [0.05, 0.1) is 5.56 Å². The molecular weight excluding hydrogens is 324 g/mol. The summed E-state index contributed by atoms with van der Waals surface area (Å²) < 4.78 is 5.81. The van der Waals surface area contributed by atoms with Crippen LogP contribution in [0.4, 0.5) is 5.69 Å². The van der Waals surface area contributed by atoms with E-state index in [4.69, 9.17) is 16.3 Å². The number of aryl methyl sites for hydroxylation is 2. The molecule has 24 heavy (non-hydrogen) atoms. The summed E-state index contributed by atoms with van der Waals surface area (Å²) >= 11 is 6.03. The van der Waals surface area contributed by atoms with Gasteiger partial charge in [0.25, 0.3) is 5.91 Å². The molecule has 0 spiro atoms. The monoisotopic (exact) mass is 346 g/mol. The highest BCUT2D eigenvalue weighted by Crippen LogP contribution is 2.25. The number of nitrogens with zero attached hydrogens (tertiary/aromatic N) is 1. The molecule has 1 N–H and O–H groups in total. The van der Waals surface area contributed by atoms with Crippen molar-refractivity contribution < 1.29 is 9.53 Å². The Hall–Kier alpha value is -2.04. The molecule has 0 aromatic heterocycles. The maximum absolute atomic E-state index is 12.7. The molecule has 4 nitrogen and oxygen atoms in total. The molecule has 0 aliphatic heterocycles. The van der Waals surface area contributed by atoms with Crippen LogP contribution in [0.2, 0.25) is 5.02 Å². The van der Waals surface area contributed by atoms with E-state index in [0.29, 0.717) is 28.6 Å². The van der Waals surface area contributed by atoms with Crippen molar-refractivity contribution in [1.82, 2.24) is 4.90 Å². The number of rotatable bonds is 6. The van der Waals surface area contributed by atoms with E-state index in [0.717, 1.165) is 17.7 Å². The number of benzene rings is 2. The first-order chi connectivity index (χ1) is 11.4. The molecule has 0 aliphatic carbocycles. The first kappa shape index (κ1) is 18.3. The molecule has 0 atom stereocenters. The number of anilines is 1. The third kappa shape index (κ3) is 4.73. The third-order valence-corrected chi connectivity index (χ3v) is 4.10. The van der Waals surface area contributed by atoms with Crippen LogP contribution in [-0.2, 0) is 0 Å². The van der Waals surface area contributed by atoms with Gasteiger partial charge < -0.3 is 15.0 Å². The minimum Gasteiger partial charge on any atom is -0.491 e. The molecule has 128 valence electrons. The van der Waals surface area contributed by atoms with Crippen LogP contribution in [0, 0.1) is 13.8 Å². The fourth-order valence-electron chi connectivity index (χ4n) is 2.31. The molecular formula is C19H23ClN2O2. The van der Waals surface area contributed by atoms with E-state index in [9.17, 15) is 4.79 Å². The number of amides is 1. The Kier molecular flexibility index (Phi) is 6.23. The largest absolute Gasteiger partial charge is 0.491 e. The fraction of sp³-hybridized carbons (Fsp3) is 0.316. The highest BCUT2D eigenvalue weighted by atomic mass is 35.5. The first-order valence-corrected chi connectivity index (χ1v) is 8.21. The van der Waals surface area contributed by atoms with Gasteiger partial charge in [-0.15, -0.1) is 0 Å². The Morgan fingerprint density at radius 2 is 1.92 bits per heavy atom. The van der Waals surface area contributed by atoms with Crippen molar-refractivity contribution >= 4 is 23.2 Å². The van der Waals surface area contributed by atoms with E-state index in [-0.39, 0.29) is 5.91 Å². The standard InChI is InChI=1S/C19H23ClN2O2/c1-13-6-5-7-17(24-11-10-22(3)4)18(13)19(23)21-15-8-9-16(20)14(2)12-15/h5-9,12H,10-11H2,1-4H3,(H,21,23). The molecule has 0 bridgehead atoms. The van der Waals surface area contributed by atoms with Crippen molar-refractivity contribution in [2.24, 2.45) is 0 Å². The summed E-state index contributed by atoms with van der Waals surface area (Å²) in [5.74, 6) is 0.412. The Balaban J connectivity index is 2.19. The van der Waals surface area contributed by atoms with Crippen LogP contribution in [0.25, 0.3) is 0 Å². The van der Waals surface area contributed by atoms with Crippen molar-refractivity contribution in [2.45, 2.75) is 13.8 Å². The number of halogens is 1. The number of carbonyl (C=O) groups is 1. The van der Waals surface area contributed by atoms with E-state index in [1.807, 2.05) is 57.1 Å². The summed E-state index contributed by atoms with van der Waals surface area (Å²) in [5.41, 5.74) is 3.07. The van der Waals surface area contributed by atoms with E-state index in [2.05, 4.69) is 5.32 Å². The van der Waals surface area contributed by atoms with Crippen LogP contribution in [-0.4, -0.2) is 38.1 Å². The van der Waals surface area contributed by atoms with Crippen molar-refractivity contribution in [2.75, 3.05) is 32.6 Å². The smallest absolute Gasteiger partial charge is 0.259 e. The van der Waals surface area contributed by atoms with E-state index in [1.54, 1.807) is 12.1 Å². The average Bonchev–Trinajstić information content (AvgIpc) is 2.50. The zero-order valence-electron chi connectivity index (χ0n) is 14.5. The number of ether oxygens (including phenoxy) is 1. The maximum Gasteiger partial charge on any atom is 0.259 e. The zero-order chi connectivity index (χ0) is 17.7. The van der Waals surface area contributed by atoms with Gasteiger partial charge in [-0.05, 0) is 63.3 Å². The van der Waals surface area contributed by atoms with Crippen LogP contribution < -0.4 is 10.1 Å². The van der Waals surface area contributed by atoms with Gasteiger partial charge in [-0.3, -0.25) is 4.79 Å². The summed E-state index contributed by atoms with van der Waals surface area (Å²) in [4.78, 5) is 14.7. The van der Waals surface area contributed by atoms with Gasteiger partial charge >= 0.3 is 0 Å². The molecule has 0 aliphatic rings. The molecule has 1 amide bonds. The number of hydrogen-bond acceptors (Lipinski definition) is 3. The fourth-order valence-corrected chi connectivity index (χ4v) is 2.42. The van der Waals surface area contributed by atoms with Gasteiger partial charge in [-0.1, -0.05) is 23.7 Å². The summed E-state index contributed by atoms with van der Waals surface area (Å²) in [5, 5.41) is 3.60. The predicted octanol–water partition coefficient (Wildman–Crippen LogP) is 4.15. The van der Waals surface area contributed by atoms with Gasteiger partial charge in [0, 0.05) is 17.3 Å². The summed E-state index contributed by atoms with van der Waals surface area (Å²) in [6, 6.07) is 11.0. The molecule has 0 radical (unpaired) electrons. The van der Waals surface area contributed by atoms with Gasteiger partial charge in [-0.2, -0.15) is 0 Å². The molecule has 2 aromatic rings. The highest BCUT2D eigenvalue weighted by Gasteiger charge is 2.16. The van der Waals surface area contributed by atoms with Gasteiger partial charge in [0.15, 0.2) is 0 Å². The predicted molar refractivity (Wildman–Crippen MR) is 99.4 cm³/mol. The van der Waals surface area contributed by atoms with Crippen LogP contribution in [0.3, 0.4) is 0 Å². The highest BCUT2D eigenvalue weighted by molar-refractivity contribution is 6.31. The SMILES string of the molecule is Cc1cc(NC(=O)c2c(C)cccc2OCCN(C)C)ccc1Cl. The normalized spacial score (nSPS) is 10.8. The van der Waals surface area contributed by atoms with Crippen molar-refractivity contribution in [3.63, 3.8) is 0 Å². The average molecular weight is 347 g/mol. The Labute approximate surface area is 148 Å². The van der Waals surface area contributed by atoms with Gasteiger partial charge in [-0.25, -0.2) is 0 Å². The maximum atomic E-state index is 12.7. The zero-order valence-corrected chi connectivity index (χ0v) is 15.3. The first-order valence-electron chi connectivity index (χ1n) is 7.83. The Morgan fingerprint density at radius 1 is 1.17 bits per heavy atom. The van der Waals surface area contributed by atoms with Crippen molar-refractivity contribution in [1.29, 1.82) is 0 Å². The molecule has 2 aromatic carbocycles. The molecule has 0 saturated carbocycles. The van der Waals surface area contributed by atoms with Crippen molar-refractivity contribution in [3.05, 3.63) is 58.1 Å². The van der Waals surface area contributed by atoms with E-state index >= 15 is 0 Å². The lowest BCUT2D eigenvalue weighted by molar-refractivity contribution is 0.102. The lowest BCUT2D eigenvalue weighted by Crippen LogP contribution is -2.21. The lowest BCUT2D eigenvalue weighted by atomic mass is 10.1. The third-order valence-electron chi connectivity index (χ3n) is 3.67. The molecule has 5 heteroatoms.